The monoisotopic (exact) mass is 517 g/mol. The second-order valence-corrected chi connectivity index (χ2v) is 9.30. The Hall–Kier alpha value is -3.57. The van der Waals surface area contributed by atoms with Crippen molar-refractivity contribution in [1.82, 2.24) is 14.4 Å². The van der Waals surface area contributed by atoms with E-state index in [2.05, 4.69) is 0 Å². The summed E-state index contributed by atoms with van der Waals surface area (Å²) >= 11 is 0. The van der Waals surface area contributed by atoms with Gasteiger partial charge in [-0.05, 0) is 78.7 Å². The third-order valence-corrected chi connectivity index (χ3v) is 7.14. The molecule has 0 unspecified atom stereocenters. The molecule has 4 aromatic rings. The quantitative estimate of drug-likeness (QED) is 0.225. The van der Waals surface area contributed by atoms with E-state index in [1.165, 1.54) is 9.79 Å². The number of sulfonamides is 1. The SMILES string of the molecule is Cl.O=CNO.O=S(=O)(c1ccc(Oc2ccc(-n3cccc3)cc2)cc1)N1CCc2ccoc2C1. The van der Waals surface area contributed by atoms with Crippen molar-refractivity contribution in [1.29, 1.82) is 0 Å². The van der Waals surface area contributed by atoms with Gasteiger partial charge in [0.15, 0.2) is 0 Å². The molecule has 2 N–H and O–H groups in total. The van der Waals surface area contributed by atoms with Crippen LogP contribution in [0.2, 0.25) is 0 Å². The molecule has 35 heavy (non-hydrogen) atoms. The highest BCUT2D eigenvalue weighted by Crippen LogP contribution is 2.28. The molecule has 0 spiro atoms. The first-order valence-electron chi connectivity index (χ1n) is 10.4. The van der Waals surface area contributed by atoms with E-state index in [0.29, 0.717) is 30.2 Å². The zero-order valence-corrected chi connectivity index (χ0v) is 20.1. The number of hydrogen-bond donors (Lipinski definition) is 2. The number of benzene rings is 2. The van der Waals surface area contributed by atoms with Gasteiger partial charge < -0.3 is 13.7 Å². The van der Waals surface area contributed by atoms with Gasteiger partial charge in [0, 0.05) is 24.6 Å². The van der Waals surface area contributed by atoms with E-state index >= 15 is 0 Å². The number of nitrogens with one attached hydrogen (secondary N) is 1. The molecule has 0 saturated heterocycles. The number of furan rings is 1. The molecule has 1 aliphatic rings. The van der Waals surface area contributed by atoms with E-state index in [1.807, 2.05) is 59.4 Å². The Kier molecular flexibility index (Phi) is 8.72. The lowest BCUT2D eigenvalue weighted by atomic mass is 10.1. The normalized spacial score (nSPS) is 12.9. The first kappa shape index (κ1) is 26.0. The minimum Gasteiger partial charge on any atom is -0.468 e. The van der Waals surface area contributed by atoms with E-state index < -0.39 is 10.0 Å². The van der Waals surface area contributed by atoms with Gasteiger partial charge in [0.05, 0.1) is 17.7 Å². The van der Waals surface area contributed by atoms with Crippen LogP contribution in [0, 0.1) is 0 Å². The fourth-order valence-corrected chi connectivity index (χ4v) is 4.97. The Morgan fingerprint density at radius 3 is 2.17 bits per heavy atom. The van der Waals surface area contributed by atoms with Crippen molar-refractivity contribution in [2.45, 2.75) is 17.9 Å². The molecule has 0 atom stereocenters. The van der Waals surface area contributed by atoms with Gasteiger partial charge >= 0.3 is 0 Å². The van der Waals surface area contributed by atoms with Crippen LogP contribution < -0.4 is 10.2 Å². The van der Waals surface area contributed by atoms with Crippen molar-refractivity contribution in [2.24, 2.45) is 0 Å². The van der Waals surface area contributed by atoms with E-state index in [1.54, 1.807) is 30.5 Å². The minimum atomic E-state index is -3.59. The van der Waals surface area contributed by atoms with E-state index in [0.717, 1.165) is 11.3 Å². The highest BCUT2D eigenvalue weighted by molar-refractivity contribution is 7.89. The summed E-state index contributed by atoms with van der Waals surface area (Å²) in [4.78, 5) is 9.06. The number of hydrogen-bond acceptors (Lipinski definition) is 6. The lowest BCUT2D eigenvalue weighted by Crippen LogP contribution is -2.35. The Morgan fingerprint density at radius 2 is 1.57 bits per heavy atom. The Balaban J connectivity index is 0.000000638. The first-order chi connectivity index (χ1) is 16.5. The standard InChI is InChI=1S/C23H20N2O4S.CH3NO2.ClH/c26-30(27,25-15-11-18-12-16-28-23(18)17-25)22-9-7-21(8-10-22)29-20-5-3-19(4-6-20)24-13-1-2-14-24;3-1-2-4;/h1-10,12-14,16H,11,15,17H2;1,4H,(H,2,3);1H. The number of ether oxygens (including phenoxy) is 1. The second kappa shape index (κ2) is 11.7. The van der Waals surface area contributed by atoms with E-state index in [4.69, 9.17) is 19.2 Å². The Morgan fingerprint density at radius 1 is 0.971 bits per heavy atom. The fraction of sp³-hybridized carbons (Fsp3) is 0.125. The van der Waals surface area contributed by atoms with Gasteiger partial charge in [-0.25, -0.2) is 13.9 Å². The molecule has 0 aliphatic carbocycles. The van der Waals surface area contributed by atoms with Crippen molar-refractivity contribution in [3.05, 3.63) is 96.7 Å². The van der Waals surface area contributed by atoms with Crippen LogP contribution in [0.25, 0.3) is 5.69 Å². The number of aromatic nitrogens is 1. The molecule has 0 radical (unpaired) electrons. The Bertz CT molecular complexity index is 1320. The average Bonchev–Trinajstić information content (AvgIpc) is 3.57. The molecule has 2 aromatic heterocycles. The lowest BCUT2D eigenvalue weighted by molar-refractivity contribution is -0.116. The second-order valence-electron chi connectivity index (χ2n) is 7.36. The number of nitrogens with zero attached hydrogens (tertiary/aromatic N) is 2. The Labute approximate surface area is 209 Å². The zero-order valence-electron chi connectivity index (χ0n) is 18.5. The molecule has 2 aromatic carbocycles. The first-order valence-corrected chi connectivity index (χ1v) is 11.9. The van der Waals surface area contributed by atoms with Gasteiger partial charge in [0.25, 0.3) is 0 Å². The number of amides is 1. The van der Waals surface area contributed by atoms with Gasteiger partial charge in [-0.2, -0.15) is 4.31 Å². The van der Waals surface area contributed by atoms with Crippen LogP contribution in [-0.4, -0.2) is 35.5 Å². The summed E-state index contributed by atoms with van der Waals surface area (Å²) in [6, 6.07) is 20.0. The summed E-state index contributed by atoms with van der Waals surface area (Å²) in [5.41, 5.74) is 3.36. The molecule has 9 nitrogen and oxygen atoms in total. The van der Waals surface area contributed by atoms with Crippen molar-refractivity contribution in [3.8, 4) is 17.2 Å². The molecule has 0 fully saturated rings. The molecule has 1 aliphatic heterocycles. The number of hydroxylamine groups is 1. The largest absolute Gasteiger partial charge is 0.468 e. The molecule has 184 valence electrons. The van der Waals surface area contributed by atoms with Crippen LogP contribution in [0.3, 0.4) is 0 Å². The van der Waals surface area contributed by atoms with E-state index in [-0.39, 0.29) is 30.3 Å². The summed E-state index contributed by atoms with van der Waals surface area (Å²) in [5, 5.41) is 7.26. The predicted octanol–water partition coefficient (Wildman–Crippen LogP) is 4.15. The third-order valence-electron chi connectivity index (χ3n) is 5.28. The fourth-order valence-electron chi connectivity index (χ4n) is 3.58. The number of carbonyl (C=O) groups is 1. The number of rotatable bonds is 6. The van der Waals surface area contributed by atoms with E-state index in [9.17, 15) is 8.42 Å². The maximum atomic E-state index is 13.0. The number of carbonyl (C=O) groups excluding carboxylic acids is 1. The van der Waals surface area contributed by atoms with Crippen LogP contribution in [0.4, 0.5) is 0 Å². The molecular formula is C24H24ClN3O6S. The van der Waals surface area contributed by atoms with Gasteiger partial charge in [0.1, 0.15) is 17.3 Å². The summed E-state index contributed by atoms with van der Waals surface area (Å²) in [6.45, 7) is 0.706. The highest BCUT2D eigenvalue weighted by atomic mass is 35.5. The highest BCUT2D eigenvalue weighted by Gasteiger charge is 2.29. The van der Waals surface area contributed by atoms with Crippen LogP contribution in [-0.2, 0) is 27.8 Å². The van der Waals surface area contributed by atoms with Crippen LogP contribution in [0.1, 0.15) is 11.3 Å². The molecule has 0 saturated carbocycles. The molecule has 0 bridgehead atoms. The van der Waals surface area contributed by atoms with Crippen LogP contribution in [0.5, 0.6) is 11.5 Å². The van der Waals surface area contributed by atoms with Gasteiger partial charge in [0.2, 0.25) is 16.4 Å². The topological polar surface area (TPSA) is 114 Å². The predicted molar refractivity (Wildman–Crippen MR) is 131 cm³/mol. The number of halogens is 1. The maximum absolute atomic E-state index is 13.0. The maximum Gasteiger partial charge on any atom is 0.243 e. The third kappa shape index (κ3) is 6.11. The van der Waals surface area contributed by atoms with Crippen molar-refractivity contribution in [2.75, 3.05) is 6.54 Å². The van der Waals surface area contributed by atoms with Crippen LogP contribution >= 0.6 is 12.4 Å². The molecule has 3 heterocycles. The summed E-state index contributed by atoms with van der Waals surface area (Å²) in [6.07, 6.45) is 6.40. The van der Waals surface area contributed by atoms with Gasteiger partial charge in [-0.1, -0.05) is 0 Å². The summed E-state index contributed by atoms with van der Waals surface area (Å²) in [5.74, 6) is 1.98. The summed E-state index contributed by atoms with van der Waals surface area (Å²) < 4.78 is 40.7. The van der Waals surface area contributed by atoms with Crippen LogP contribution in [0.15, 0.2) is 94.7 Å². The molecule has 5 rings (SSSR count). The lowest BCUT2D eigenvalue weighted by Gasteiger charge is -2.25. The van der Waals surface area contributed by atoms with Gasteiger partial charge in [-0.3, -0.25) is 10.0 Å². The average molecular weight is 518 g/mol. The number of fused-ring (bicyclic) bond motifs is 1. The van der Waals surface area contributed by atoms with Gasteiger partial charge in [-0.15, -0.1) is 12.4 Å². The van der Waals surface area contributed by atoms with Crippen molar-refractivity contribution >= 4 is 28.8 Å². The smallest absolute Gasteiger partial charge is 0.243 e. The van der Waals surface area contributed by atoms with Crippen molar-refractivity contribution < 1.29 is 27.6 Å². The summed E-state index contributed by atoms with van der Waals surface area (Å²) in [7, 11) is -3.59. The molecule has 11 heteroatoms. The van der Waals surface area contributed by atoms with Crippen molar-refractivity contribution in [3.63, 3.8) is 0 Å². The minimum absolute atomic E-state index is 0. The molecular weight excluding hydrogens is 494 g/mol. The molecule has 1 amide bonds. The zero-order chi connectivity index (χ0) is 24.0.